The zero-order chi connectivity index (χ0) is 11.9. The summed E-state index contributed by atoms with van der Waals surface area (Å²) in [5.74, 6) is -2.54. The number of hydrogen-bond donors (Lipinski definition) is 1. The van der Waals surface area contributed by atoms with Crippen LogP contribution in [-0.4, -0.2) is 16.0 Å². The molecule has 0 aromatic heterocycles. The molecule has 0 bridgehead atoms. The third-order valence-corrected chi connectivity index (χ3v) is 2.70. The van der Waals surface area contributed by atoms with Gasteiger partial charge in [-0.25, -0.2) is 0 Å². The largest absolute Gasteiger partial charge is 0.481 e. The maximum absolute atomic E-state index is 13.0. The fourth-order valence-corrected chi connectivity index (χ4v) is 1.74. The molecular formula is C10H8FNO4. The number of aliphatic carboxylic acids is 1. The fourth-order valence-electron chi connectivity index (χ4n) is 1.74. The van der Waals surface area contributed by atoms with Gasteiger partial charge in [-0.3, -0.25) is 14.9 Å². The van der Waals surface area contributed by atoms with Crippen LogP contribution in [-0.2, 0) is 4.79 Å². The molecule has 16 heavy (non-hydrogen) atoms. The normalized spacial score (nSPS) is 22.8. The Morgan fingerprint density at radius 1 is 1.56 bits per heavy atom. The Balaban J connectivity index is 2.28. The van der Waals surface area contributed by atoms with E-state index in [9.17, 15) is 19.3 Å². The number of rotatable bonds is 3. The second-order valence-electron chi connectivity index (χ2n) is 3.75. The first-order chi connectivity index (χ1) is 7.50. The second kappa shape index (κ2) is 3.55. The van der Waals surface area contributed by atoms with Crippen LogP contribution in [0.2, 0.25) is 0 Å². The molecule has 5 nitrogen and oxygen atoms in total. The van der Waals surface area contributed by atoms with Crippen molar-refractivity contribution in [3.63, 3.8) is 0 Å². The number of carbonyl (C=O) groups is 1. The topological polar surface area (TPSA) is 80.4 Å². The smallest absolute Gasteiger partial charge is 0.307 e. The number of benzene rings is 1. The maximum atomic E-state index is 13.0. The minimum absolute atomic E-state index is 0.225. The van der Waals surface area contributed by atoms with Crippen LogP contribution in [0.25, 0.3) is 0 Å². The highest BCUT2D eigenvalue weighted by molar-refractivity contribution is 5.75. The molecule has 0 amide bonds. The number of carboxylic acid groups (broad SMARTS) is 1. The highest BCUT2D eigenvalue weighted by Crippen LogP contribution is 2.48. The van der Waals surface area contributed by atoms with Gasteiger partial charge in [-0.2, -0.15) is 4.39 Å². The Morgan fingerprint density at radius 3 is 2.75 bits per heavy atom. The van der Waals surface area contributed by atoms with E-state index in [1.165, 1.54) is 6.07 Å². The van der Waals surface area contributed by atoms with Gasteiger partial charge >= 0.3 is 11.7 Å². The van der Waals surface area contributed by atoms with Crippen molar-refractivity contribution in [2.75, 3.05) is 0 Å². The second-order valence-corrected chi connectivity index (χ2v) is 3.75. The van der Waals surface area contributed by atoms with Gasteiger partial charge in [0.05, 0.1) is 10.8 Å². The van der Waals surface area contributed by atoms with E-state index in [2.05, 4.69) is 0 Å². The lowest BCUT2D eigenvalue weighted by Crippen LogP contribution is -2.00. The predicted octanol–water partition coefficient (Wildman–Crippen LogP) is 1.92. The van der Waals surface area contributed by atoms with Crippen LogP contribution in [0.15, 0.2) is 18.2 Å². The van der Waals surface area contributed by atoms with Crippen LogP contribution in [0.4, 0.5) is 10.1 Å². The van der Waals surface area contributed by atoms with E-state index in [1.54, 1.807) is 0 Å². The summed E-state index contributed by atoms with van der Waals surface area (Å²) in [6, 6.07) is 3.52. The molecule has 6 heteroatoms. The van der Waals surface area contributed by atoms with Crippen molar-refractivity contribution in [1.82, 2.24) is 0 Å². The van der Waals surface area contributed by atoms with Crippen LogP contribution < -0.4 is 0 Å². The van der Waals surface area contributed by atoms with E-state index >= 15 is 0 Å². The number of hydrogen-bond acceptors (Lipinski definition) is 3. The first-order valence-corrected chi connectivity index (χ1v) is 4.67. The molecule has 1 aliphatic carbocycles. The molecule has 0 spiro atoms. The average Bonchev–Trinajstić information content (AvgIpc) is 2.97. The summed E-state index contributed by atoms with van der Waals surface area (Å²) >= 11 is 0. The van der Waals surface area contributed by atoms with Crippen molar-refractivity contribution in [1.29, 1.82) is 0 Å². The van der Waals surface area contributed by atoms with Crippen molar-refractivity contribution in [2.24, 2.45) is 5.92 Å². The zero-order valence-electron chi connectivity index (χ0n) is 8.09. The van der Waals surface area contributed by atoms with E-state index in [0.717, 1.165) is 12.1 Å². The van der Waals surface area contributed by atoms with E-state index in [1.807, 2.05) is 0 Å². The first-order valence-electron chi connectivity index (χ1n) is 4.67. The number of nitro groups is 1. The summed E-state index contributed by atoms with van der Waals surface area (Å²) in [5, 5.41) is 19.2. The predicted molar refractivity (Wildman–Crippen MR) is 51.5 cm³/mol. The van der Waals surface area contributed by atoms with Gasteiger partial charge in [0.25, 0.3) is 0 Å². The third kappa shape index (κ3) is 1.73. The summed E-state index contributed by atoms with van der Waals surface area (Å²) < 4.78 is 13.0. The van der Waals surface area contributed by atoms with Crippen LogP contribution >= 0.6 is 0 Å². The summed E-state index contributed by atoms with van der Waals surface area (Å²) in [5.41, 5.74) is -0.0889. The summed E-state index contributed by atoms with van der Waals surface area (Å²) in [4.78, 5) is 20.3. The number of halogens is 1. The lowest BCUT2D eigenvalue weighted by Gasteiger charge is -1.99. The van der Waals surface area contributed by atoms with Crippen molar-refractivity contribution >= 4 is 11.7 Å². The highest BCUT2D eigenvalue weighted by atomic mass is 19.1. The van der Waals surface area contributed by atoms with Gasteiger partial charge in [0.15, 0.2) is 0 Å². The van der Waals surface area contributed by atoms with Crippen LogP contribution in [0.3, 0.4) is 0 Å². The molecule has 0 radical (unpaired) electrons. The Kier molecular flexibility index (Phi) is 2.34. The van der Waals surface area contributed by atoms with Gasteiger partial charge in [0.1, 0.15) is 0 Å². The minimum Gasteiger partial charge on any atom is -0.481 e. The summed E-state index contributed by atoms with van der Waals surface area (Å²) in [6.45, 7) is 0. The Hall–Kier alpha value is -1.98. The lowest BCUT2D eigenvalue weighted by atomic mass is 10.1. The fraction of sp³-hybridized carbons (Fsp3) is 0.300. The molecule has 0 saturated heterocycles. The standard InChI is InChI=1S/C10H8FNO4/c11-8-2-1-5(3-9(8)12(15)16)6-4-7(6)10(13)14/h1-3,6-7H,4H2,(H,13,14)/t6-,7+/m0/s1. The van der Waals surface area contributed by atoms with Gasteiger partial charge in [-0.05, 0) is 24.0 Å². The van der Waals surface area contributed by atoms with Crippen LogP contribution in [0.1, 0.15) is 17.9 Å². The summed E-state index contributed by atoms with van der Waals surface area (Å²) in [7, 11) is 0. The molecule has 0 unspecified atom stereocenters. The molecule has 1 aliphatic rings. The van der Waals surface area contributed by atoms with Gasteiger partial charge in [0.2, 0.25) is 5.82 Å². The molecule has 0 aliphatic heterocycles. The summed E-state index contributed by atoms with van der Waals surface area (Å²) in [6.07, 6.45) is 0.456. The molecular weight excluding hydrogens is 217 g/mol. The van der Waals surface area contributed by atoms with E-state index in [-0.39, 0.29) is 5.92 Å². The van der Waals surface area contributed by atoms with Gasteiger partial charge in [-0.15, -0.1) is 0 Å². The third-order valence-electron chi connectivity index (χ3n) is 2.70. The SMILES string of the molecule is O=C(O)[C@@H]1C[C@H]1c1ccc(F)c([N+](=O)[O-])c1. The van der Waals surface area contributed by atoms with E-state index < -0.39 is 28.3 Å². The molecule has 1 saturated carbocycles. The lowest BCUT2D eigenvalue weighted by molar-refractivity contribution is -0.387. The van der Waals surface area contributed by atoms with E-state index in [4.69, 9.17) is 5.11 Å². The molecule has 2 atom stereocenters. The first kappa shape index (κ1) is 10.5. The average molecular weight is 225 g/mol. The number of nitrogens with zero attached hydrogens (tertiary/aromatic N) is 1. The van der Waals surface area contributed by atoms with Crippen LogP contribution in [0.5, 0.6) is 0 Å². The molecule has 1 aromatic rings. The van der Waals surface area contributed by atoms with E-state index in [0.29, 0.717) is 12.0 Å². The Bertz CT molecular complexity index is 474. The van der Waals surface area contributed by atoms with Crippen LogP contribution in [0, 0.1) is 21.8 Å². The van der Waals surface area contributed by atoms with Gasteiger partial charge in [0, 0.05) is 6.07 Å². The van der Waals surface area contributed by atoms with Gasteiger partial charge in [-0.1, -0.05) is 6.07 Å². The molecule has 84 valence electrons. The van der Waals surface area contributed by atoms with Crippen molar-refractivity contribution in [3.05, 3.63) is 39.7 Å². The highest BCUT2D eigenvalue weighted by Gasteiger charge is 2.44. The molecule has 1 aromatic carbocycles. The maximum Gasteiger partial charge on any atom is 0.307 e. The number of carboxylic acids is 1. The molecule has 0 heterocycles. The Labute approximate surface area is 89.7 Å². The van der Waals surface area contributed by atoms with Crippen molar-refractivity contribution in [3.8, 4) is 0 Å². The van der Waals surface area contributed by atoms with Crippen molar-refractivity contribution in [2.45, 2.75) is 12.3 Å². The molecule has 1 N–H and O–H groups in total. The molecule has 1 fully saturated rings. The van der Waals surface area contributed by atoms with Gasteiger partial charge < -0.3 is 5.11 Å². The number of nitro benzene ring substituents is 1. The zero-order valence-corrected chi connectivity index (χ0v) is 8.09. The quantitative estimate of drug-likeness (QED) is 0.629. The minimum atomic E-state index is -0.919. The Morgan fingerprint density at radius 2 is 2.25 bits per heavy atom. The van der Waals surface area contributed by atoms with Crippen molar-refractivity contribution < 1.29 is 19.2 Å². The monoisotopic (exact) mass is 225 g/mol. The molecule has 2 rings (SSSR count).